The zero-order chi connectivity index (χ0) is 11.5. The van der Waals surface area contributed by atoms with Gasteiger partial charge in [0, 0.05) is 17.8 Å². The zero-order valence-electron chi connectivity index (χ0n) is 8.36. The lowest BCUT2D eigenvalue weighted by atomic mass is 10.2. The molecule has 0 saturated heterocycles. The van der Waals surface area contributed by atoms with Crippen LogP contribution < -0.4 is 5.56 Å². The topological polar surface area (TPSA) is 22.0 Å². The van der Waals surface area contributed by atoms with Gasteiger partial charge in [0.25, 0.3) is 5.56 Å². The highest BCUT2D eigenvalue weighted by atomic mass is 19.1. The molecule has 0 aliphatic heterocycles. The molecule has 0 aliphatic rings. The average Bonchev–Trinajstić information content (AvgIpc) is 2.26. The molecule has 0 fully saturated rings. The number of nitrogens with zero attached hydrogens (tertiary/aromatic N) is 1. The molecule has 82 valence electrons. The smallest absolute Gasteiger partial charge is 0.250 e. The van der Waals surface area contributed by atoms with Crippen molar-refractivity contribution in [1.29, 1.82) is 0 Å². The van der Waals surface area contributed by atoms with E-state index in [-0.39, 0.29) is 17.7 Å². The third kappa shape index (κ3) is 2.00. The van der Waals surface area contributed by atoms with E-state index in [1.807, 2.05) is 0 Å². The Labute approximate surface area is 90.8 Å². The van der Waals surface area contributed by atoms with Gasteiger partial charge in [-0.2, -0.15) is 0 Å². The first-order valence-electron chi connectivity index (χ1n) is 4.77. The van der Waals surface area contributed by atoms with E-state index in [0.29, 0.717) is 0 Å². The van der Waals surface area contributed by atoms with Crippen molar-refractivity contribution in [2.24, 2.45) is 0 Å². The van der Waals surface area contributed by atoms with Crippen molar-refractivity contribution in [1.82, 2.24) is 4.57 Å². The molecule has 0 radical (unpaired) electrons. The standard InChI is InChI=1S/C12H9F2NO/c13-10-4-3-5-11(14)9(10)8-15-7-2-1-6-12(15)16/h1-7H,8H2. The second-order valence-corrected chi connectivity index (χ2v) is 3.37. The van der Waals surface area contributed by atoms with Gasteiger partial charge in [-0.05, 0) is 18.2 Å². The maximum Gasteiger partial charge on any atom is 0.250 e. The fraction of sp³-hybridized carbons (Fsp3) is 0.0833. The van der Waals surface area contributed by atoms with Gasteiger partial charge >= 0.3 is 0 Å². The number of benzene rings is 1. The number of pyridine rings is 1. The molecule has 0 amide bonds. The quantitative estimate of drug-likeness (QED) is 0.761. The van der Waals surface area contributed by atoms with Crippen LogP contribution >= 0.6 is 0 Å². The summed E-state index contributed by atoms with van der Waals surface area (Å²) >= 11 is 0. The Hall–Kier alpha value is -1.97. The van der Waals surface area contributed by atoms with E-state index in [2.05, 4.69) is 0 Å². The van der Waals surface area contributed by atoms with Crippen LogP contribution in [-0.4, -0.2) is 4.57 Å². The molecular weight excluding hydrogens is 212 g/mol. The summed E-state index contributed by atoms with van der Waals surface area (Å²) in [6.45, 7) is -0.0990. The largest absolute Gasteiger partial charge is 0.311 e. The van der Waals surface area contributed by atoms with E-state index in [1.165, 1.54) is 35.0 Å². The molecule has 16 heavy (non-hydrogen) atoms. The minimum atomic E-state index is -0.643. The summed E-state index contributed by atoms with van der Waals surface area (Å²) in [5.41, 5.74) is -0.388. The Morgan fingerprint density at radius 1 is 1.00 bits per heavy atom. The number of aromatic nitrogens is 1. The predicted molar refractivity (Wildman–Crippen MR) is 56.2 cm³/mol. The Bertz CT molecular complexity index is 543. The van der Waals surface area contributed by atoms with Crippen LogP contribution in [0.5, 0.6) is 0 Å². The SMILES string of the molecule is O=c1ccccn1Cc1c(F)cccc1F. The monoisotopic (exact) mass is 221 g/mol. The van der Waals surface area contributed by atoms with Crippen LogP contribution in [0.15, 0.2) is 47.4 Å². The van der Waals surface area contributed by atoms with Crippen LogP contribution in [0.1, 0.15) is 5.56 Å². The molecule has 2 aromatic rings. The average molecular weight is 221 g/mol. The highest BCUT2D eigenvalue weighted by Crippen LogP contribution is 2.12. The normalized spacial score (nSPS) is 10.4. The number of hydrogen-bond acceptors (Lipinski definition) is 1. The van der Waals surface area contributed by atoms with Gasteiger partial charge in [-0.3, -0.25) is 4.79 Å². The Morgan fingerprint density at radius 2 is 1.69 bits per heavy atom. The zero-order valence-corrected chi connectivity index (χ0v) is 8.36. The van der Waals surface area contributed by atoms with Crippen molar-refractivity contribution >= 4 is 0 Å². The summed E-state index contributed by atoms with van der Waals surface area (Å²) in [7, 11) is 0. The second kappa shape index (κ2) is 4.26. The minimum Gasteiger partial charge on any atom is -0.311 e. The summed E-state index contributed by atoms with van der Waals surface area (Å²) < 4.78 is 27.9. The van der Waals surface area contributed by atoms with Crippen LogP contribution in [0, 0.1) is 11.6 Å². The lowest BCUT2D eigenvalue weighted by molar-refractivity contribution is 0.541. The first kappa shape index (κ1) is 10.5. The molecule has 2 nitrogen and oxygen atoms in total. The molecule has 4 heteroatoms. The fourth-order valence-corrected chi connectivity index (χ4v) is 1.45. The van der Waals surface area contributed by atoms with E-state index < -0.39 is 11.6 Å². The van der Waals surface area contributed by atoms with Gasteiger partial charge in [0.2, 0.25) is 0 Å². The molecule has 0 N–H and O–H groups in total. The number of halogens is 2. The molecule has 0 unspecified atom stereocenters. The van der Waals surface area contributed by atoms with Crippen LogP contribution in [0.4, 0.5) is 8.78 Å². The van der Waals surface area contributed by atoms with Crippen LogP contribution in [0.3, 0.4) is 0 Å². The fourth-order valence-electron chi connectivity index (χ4n) is 1.45. The lowest BCUT2D eigenvalue weighted by Gasteiger charge is -2.07. The van der Waals surface area contributed by atoms with Crippen LogP contribution in [0.2, 0.25) is 0 Å². The van der Waals surface area contributed by atoms with E-state index in [4.69, 9.17) is 0 Å². The van der Waals surface area contributed by atoms with Crippen molar-refractivity contribution in [3.63, 3.8) is 0 Å². The van der Waals surface area contributed by atoms with Crippen molar-refractivity contribution < 1.29 is 8.78 Å². The van der Waals surface area contributed by atoms with Crippen LogP contribution in [-0.2, 0) is 6.54 Å². The minimum absolute atomic E-state index is 0.0990. The van der Waals surface area contributed by atoms with Gasteiger partial charge in [-0.15, -0.1) is 0 Å². The molecule has 2 rings (SSSR count). The molecule has 0 spiro atoms. The Kier molecular flexibility index (Phi) is 2.81. The van der Waals surface area contributed by atoms with Gasteiger partial charge in [-0.1, -0.05) is 12.1 Å². The number of hydrogen-bond donors (Lipinski definition) is 0. The molecule has 1 heterocycles. The summed E-state index contributed by atoms with van der Waals surface area (Å²) in [6.07, 6.45) is 1.49. The maximum atomic E-state index is 13.3. The van der Waals surface area contributed by atoms with Crippen LogP contribution in [0.25, 0.3) is 0 Å². The van der Waals surface area contributed by atoms with E-state index in [0.717, 1.165) is 0 Å². The van der Waals surface area contributed by atoms with Gasteiger partial charge in [0.05, 0.1) is 6.54 Å². The highest BCUT2D eigenvalue weighted by Gasteiger charge is 2.08. The van der Waals surface area contributed by atoms with Gasteiger partial charge in [0.1, 0.15) is 11.6 Å². The first-order valence-corrected chi connectivity index (χ1v) is 4.77. The molecular formula is C12H9F2NO. The van der Waals surface area contributed by atoms with Crippen molar-refractivity contribution in [2.75, 3.05) is 0 Å². The molecule has 0 bridgehead atoms. The summed E-state index contributed by atoms with van der Waals surface area (Å²) in [5, 5.41) is 0. The third-order valence-electron chi connectivity index (χ3n) is 2.29. The molecule has 1 aromatic heterocycles. The molecule has 0 aliphatic carbocycles. The summed E-state index contributed by atoms with van der Waals surface area (Å²) in [4.78, 5) is 11.4. The Morgan fingerprint density at radius 3 is 2.31 bits per heavy atom. The molecule has 0 atom stereocenters. The highest BCUT2D eigenvalue weighted by molar-refractivity contribution is 5.20. The van der Waals surface area contributed by atoms with Crippen molar-refractivity contribution in [2.45, 2.75) is 6.54 Å². The Balaban J connectivity index is 2.42. The lowest BCUT2D eigenvalue weighted by Crippen LogP contribution is -2.19. The molecule has 1 aromatic carbocycles. The summed E-state index contributed by atoms with van der Waals surface area (Å²) in [5.74, 6) is -1.29. The third-order valence-corrected chi connectivity index (χ3v) is 2.29. The number of rotatable bonds is 2. The van der Waals surface area contributed by atoms with E-state index in [9.17, 15) is 13.6 Å². The second-order valence-electron chi connectivity index (χ2n) is 3.37. The van der Waals surface area contributed by atoms with Crippen molar-refractivity contribution in [3.05, 3.63) is 70.1 Å². The van der Waals surface area contributed by atoms with Crippen molar-refractivity contribution in [3.8, 4) is 0 Å². The van der Waals surface area contributed by atoms with E-state index in [1.54, 1.807) is 12.1 Å². The maximum absolute atomic E-state index is 13.3. The first-order chi connectivity index (χ1) is 7.68. The van der Waals surface area contributed by atoms with Gasteiger partial charge in [0.15, 0.2) is 0 Å². The van der Waals surface area contributed by atoms with E-state index >= 15 is 0 Å². The predicted octanol–water partition coefficient (Wildman–Crippen LogP) is 2.17. The summed E-state index contributed by atoms with van der Waals surface area (Å²) in [6, 6.07) is 8.20. The molecule has 0 saturated carbocycles. The van der Waals surface area contributed by atoms with Gasteiger partial charge < -0.3 is 4.57 Å². The van der Waals surface area contributed by atoms with Gasteiger partial charge in [-0.25, -0.2) is 8.78 Å².